The lowest BCUT2D eigenvalue weighted by Crippen LogP contribution is -2.62. The van der Waals surface area contributed by atoms with Crippen molar-refractivity contribution in [3.8, 4) is 0 Å². The molecule has 0 aromatic carbocycles. The van der Waals surface area contributed by atoms with E-state index in [0.29, 0.717) is 0 Å². The molecule has 0 aliphatic carbocycles. The zero-order valence-electron chi connectivity index (χ0n) is 13.4. The number of carbonyl (C=O) groups is 3. The third-order valence-corrected chi connectivity index (χ3v) is 3.47. The molecule has 0 saturated carbocycles. The van der Waals surface area contributed by atoms with Crippen LogP contribution < -0.4 is 5.32 Å². The quantitative estimate of drug-likeness (QED) is 0.537. The number of esters is 3. The summed E-state index contributed by atoms with van der Waals surface area (Å²) in [6.45, 7) is 5.38. The van der Waals surface area contributed by atoms with Crippen LogP contribution in [0, 0.1) is 0 Å². The molecule has 0 aromatic rings. The van der Waals surface area contributed by atoms with Crippen molar-refractivity contribution in [2.75, 3.05) is 6.61 Å². The predicted molar refractivity (Wildman–Crippen MR) is 73.9 cm³/mol. The van der Waals surface area contributed by atoms with Gasteiger partial charge < -0.3 is 23.7 Å². The van der Waals surface area contributed by atoms with Crippen molar-refractivity contribution >= 4 is 17.9 Å². The largest absolute Gasteiger partial charge is 0.463 e. The molecule has 0 aromatic heterocycles. The highest BCUT2D eigenvalue weighted by Gasteiger charge is 2.53. The summed E-state index contributed by atoms with van der Waals surface area (Å²) >= 11 is 0. The Morgan fingerprint density at radius 3 is 2.13 bits per heavy atom. The maximum Gasteiger partial charge on any atom is 0.303 e. The first-order chi connectivity index (χ1) is 10.8. The fourth-order valence-electron chi connectivity index (χ4n) is 2.71. The van der Waals surface area contributed by atoms with Crippen LogP contribution in [-0.4, -0.2) is 61.4 Å². The van der Waals surface area contributed by atoms with Gasteiger partial charge in [0.2, 0.25) is 0 Å². The molecule has 6 atom stereocenters. The van der Waals surface area contributed by atoms with Crippen molar-refractivity contribution in [1.29, 1.82) is 0 Å². The van der Waals surface area contributed by atoms with E-state index in [1.54, 1.807) is 6.92 Å². The van der Waals surface area contributed by atoms with Gasteiger partial charge in [-0.2, -0.15) is 0 Å². The Morgan fingerprint density at radius 1 is 0.957 bits per heavy atom. The zero-order valence-corrected chi connectivity index (χ0v) is 13.4. The third kappa shape index (κ3) is 4.40. The van der Waals surface area contributed by atoms with E-state index in [1.807, 2.05) is 0 Å². The molecule has 2 heterocycles. The lowest BCUT2D eigenvalue weighted by atomic mass is 9.97. The number of hydrogen-bond donors (Lipinski definition) is 1. The maximum atomic E-state index is 11.4. The van der Waals surface area contributed by atoms with Crippen molar-refractivity contribution < 1.29 is 38.1 Å². The average molecular weight is 331 g/mol. The highest BCUT2D eigenvalue weighted by molar-refractivity contribution is 5.68. The lowest BCUT2D eigenvalue weighted by molar-refractivity contribution is -0.258. The van der Waals surface area contributed by atoms with Crippen LogP contribution in [0.2, 0.25) is 0 Å². The Bertz CT molecular complexity index is 481. The monoisotopic (exact) mass is 331 g/mol. The highest BCUT2D eigenvalue weighted by Crippen LogP contribution is 2.31. The molecule has 1 N–H and O–H groups in total. The smallest absolute Gasteiger partial charge is 0.303 e. The minimum atomic E-state index is -0.918. The van der Waals surface area contributed by atoms with Gasteiger partial charge in [-0.1, -0.05) is 0 Å². The molecule has 130 valence electrons. The molecular weight excluding hydrogens is 310 g/mol. The van der Waals surface area contributed by atoms with Gasteiger partial charge in [0.1, 0.15) is 25.0 Å². The normalized spacial score (nSPS) is 36.0. The number of ether oxygens (including phenoxy) is 5. The summed E-state index contributed by atoms with van der Waals surface area (Å²) in [7, 11) is 0. The molecule has 0 amide bonds. The summed E-state index contributed by atoms with van der Waals surface area (Å²) in [6.07, 6.45) is -3.57. The van der Waals surface area contributed by atoms with E-state index in [0.717, 1.165) is 0 Å². The van der Waals surface area contributed by atoms with Gasteiger partial charge in [0.05, 0.1) is 0 Å². The van der Waals surface area contributed by atoms with E-state index in [9.17, 15) is 14.4 Å². The first kappa shape index (κ1) is 17.6. The van der Waals surface area contributed by atoms with Crippen molar-refractivity contribution in [2.24, 2.45) is 0 Å². The minimum Gasteiger partial charge on any atom is -0.463 e. The third-order valence-electron chi connectivity index (χ3n) is 3.47. The molecular formula is C14H21NO8. The van der Waals surface area contributed by atoms with Crippen LogP contribution in [-0.2, 0) is 38.1 Å². The van der Waals surface area contributed by atoms with E-state index in [2.05, 4.69) is 5.32 Å². The van der Waals surface area contributed by atoms with Crippen molar-refractivity contribution in [3.05, 3.63) is 0 Å². The molecule has 9 heteroatoms. The Balaban J connectivity index is 2.23. The van der Waals surface area contributed by atoms with Crippen LogP contribution in [0.15, 0.2) is 0 Å². The van der Waals surface area contributed by atoms with Gasteiger partial charge in [-0.25, -0.2) is 0 Å². The van der Waals surface area contributed by atoms with Crippen molar-refractivity contribution in [3.63, 3.8) is 0 Å². The van der Waals surface area contributed by atoms with Crippen LogP contribution in [0.5, 0.6) is 0 Å². The fourth-order valence-corrected chi connectivity index (χ4v) is 2.71. The molecule has 23 heavy (non-hydrogen) atoms. The summed E-state index contributed by atoms with van der Waals surface area (Å²) in [4.78, 5) is 33.9. The van der Waals surface area contributed by atoms with E-state index < -0.39 is 48.6 Å². The van der Waals surface area contributed by atoms with Gasteiger partial charge in [0.25, 0.3) is 0 Å². The Kier molecular flexibility index (Phi) is 5.55. The zero-order chi connectivity index (χ0) is 17.1. The van der Waals surface area contributed by atoms with E-state index >= 15 is 0 Å². The fraction of sp³-hybridized carbons (Fsp3) is 0.786. The maximum absolute atomic E-state index is 11.4. The summed E-state index contributed by atoms with van der Waals surface area (Å²) in [5.74, 6) is -1.59. The first-order valence-electron chi connectivity index (χ1n) is 7.32. The standard InChI is InChI=1S/C14H21NO8/c1-6-15-11-13(22-9(4)18)12(21-8(3)17)10(5-19-7(2)16)23-14(11)20-6/h6,10-15H,5H2,1-4H3/t6?,10-,11-,12+,13-,14+/m1/s1. The van der Waals surface area contributed by atoms with Gasteiger partial charge in [-0.15, -0.1) is 0 Å². The summed E-state index contributed by atoms with van der Waals surface area (Å²) < 4.78 is 26.8. The molecule has 2 aliphatic rings. The average Bonchev–Trinajstić information content (AvgIpc) is 2.78. The molecule has 2 saturated heterocycles. The van der Waals surface area contributed by atoms with Crippen molar-refractivity contribution in [1.82, 2.24) is 5.32 Å². The van der Waals surface area contributed by atoms with E-state index in [1.165, 1.54) is 20.8 Å². The van der Waals surface area contributed by atoms with Crippen LogP contribution in [0.3, 0.4) is 0 Å². The van der Waals surface area contributed by atoms with Crippen LogP contribution in [0.4, 0.5) is 0 Å². The number of fused-ring (bicyclic) bond motifs is 1. The number of carbonyl (C=O) groups excluding carboxylic acids is 3. The second-order valence-corrected chi connectivity index (χ2v) is 5.46. The van der Waals surface area contributed by atoms with Gasteiger partial charge >= 0.3 is 17.9 Å². The molecule has 0 spiro atoms. The van der Waals surface area contributed by atoms with Gasteiger partial charge in [-0.05, 0) is 6.92 Å². The minimum absolute atomic E-state index is 0.147. The van der Waals surface area contributed by atoms with Crippen LogP contribution >= 0.6 is 0 Å². The molecule has 2 aliphatic heterocycles. The number of rotatable bonds is 4. The van der Waals surface area contributed by atoms with E-state index in [4.69, 9.17) is 23.7 Å². The second kappa shape index (κ2) is 7.24. The summed E-state index contributed by atoms with van der Waals surface area (Å²) in [6, 6.07) is -0.494. The molecule has 1 unspecified atom stereocenters. The van der Waals surface area contributed by atoms with Gasteiger partial charge in [0.15, 0.2) is 18.5 Å². The number of hydrogen-bond acceptors (Lipinski definition) is 9. The Labute approximate surface area is 133 Å². The molecule has 9 nitrogen and oxygen atoms in total. The van der Waals surface area contributed by atoms with Gasteiger partial charge in [-0.3, -0.25) is 19.7 Å². The molecule has 2 fully saturated rings. The summed E-state index contributed by atoms with van der Waals surface area (Å²) in [5, 5.41) is 3.08. The van der Waals surface area contributed by atoms with Crippen molar-refractivity contribution in [2.45, 2.75) is 64.6 Å². The predicted octanol–water partition coefficient (Wildman–Crippen LogP) is -0.528. The number of nitrogens with one attached hydrogen (secondary N) is 1. The molecule has 0 radical (unpaired) electrons. The lowest BCUT2D eigenvalue weighted by Gasteiger charge is -2.41. The molecule has 2 rings (SSSR count). The van der Waals surface area contributed by atoms with Crippen LogP contribution in [0.25, 0.3) is 0 Å². The Morgan fingerprint density at radius 2 is 1.57 bits per heavy atom. The van der Waals surface area contributed by atoms with E-state index in [-0.39, 0.29) is 12.8 Å². The highest BCUT2D eigenvalue weighted by atomic mass is 16.7. The Hall–Kier alpha value is -1.71. The second-order valence-electron chi connectivity index (χ2n) is 5.46. The van der Waals surface area contributed by atoms with Crippen LogP contribution in [0.1, 0.15) is 27.7 Å². The topological polar surface area (TPSA) is 109 Å². The summed E-state index contributed by atoms with van der Waals surface area (Å²) in [5.41, 5.74) is 0. The first-order valence-corrected chi connectivity index (χ1v) is 7.32. The molecule has 0 bridgehead atoms. The van der Waals surface area contributed by atoms with Gasteiger partial charge in [0, 0.05) is 20.8 Å². The SMILES string of the molecule is CC(=O)OC[C@H]1O[C@@H]2OC(C)N[C@@H]2[C@@H](OC(C)=O)[C@H]1OC(C)=O.